The number of aromatic nitrogens is 1. The number of hydrogen-bond acceptors (Lipinski definition) is 3. The standard InChI is InChI=1S/C29H33N3O2/c1-20-5-12-27(21(2)17-20)28-13-10-26(32(28)25-8-6-24(7-9-25)15-16-30)11-14-29(33)31-18-22(3)34-23(4)19-31/h5-10,12-13,17,22-23H,11,14-15,18-19H2,1-4H3/t22-,23-/m1/s1. The average Bonchev–Trinajstić information content (AvgIpc) is 3.21. The second-order valence-corrected chi connectivity index (χ2v) is 9.42. The number of nitrogens with zero attached hydrogens (tertiary/aromatic N) is 3. The lowest BCUT2D eigenvalue weighted by Gasteiger charge is -2.35. The summed E-state index contributed by atoms with van der Waals surface area (Å²) < 4.78 is 8.04. The van der Waals surface area contributed by atoms with Gasteiger partial charge in [0, 0.05) is 36.5 Å². The van der Waals surface area contributed by atoms with E-state index in [-0.39, 0.29) is 18.1 Å². The van der Waals surface area contributed by atoms with Gasteiger partial charge in [0.1, 0.15) is 0 Å². The zero-order valence-electron chi connectivity index (χ0n) is 20.5. The van der Waals surface area contributed by atoms with Gasteiger partial charge in [-0.2, -0.15) is 5.26 Å². The molecule has 4 rings (SSSR count). The van der Waals surface area contributed by atoms with Crippen LogP contribution in [0.4, 0.5) is 0 Å². The Kier molecular flexibility index (Phi) is 7.19. The Morgan fingerprint density at radius 1 is 1.03 bits per heavy atom. The van der Waals surface area contributed by atoms with Crippen molar-refractivity contribution >= 4 is 5.91 Å². The molecule has 0 unspecified atom stereocenters. The van der Waals surface area contributed by atoms with Crippen LogP contribution >= 0.6 is 0 Å². The van der Waals surface area contributed by atoms with Crippen molar-refractivity contribution in [2.45, 2.75) is 59.2 Å². The van der Waals surface area contributed by atoms with Crippen molar-refractivity contribution in [3.63, 3.8) is 0 Å². The second kappa shape index (κ2) is 10.3. The van der Waals surface area contributed by atoms with E-state index in [1.165, 1.54) is 16.7 Å². The highest BCUT2D eigenvalue weighted by atomic mass is 16.5. The van der Waals surface area contributed by atoms with Crippen LogP contribution in [0.3, 0.4) is 0 Å². The zero-order valence-corrected chi connectivity index (χ0v) is 20.5. The smallest absolute Gasteiger partial charge is 0.223 e. The van der Waals surface area contributed by atoms with Gasteiger partial charge in [0.15, 0.2) is 0 Å². The molecular weight excluding hydrogens is 422 g/mol. The van der Waals surface area contributed by atoms with Crippen LogP contribution in [0.15, 0.2) is 54.6 Å². The van der Waals surface area contributed by atoms with E-state index in [9.17, 15) is 4.79 Å². The van der Waals surface area contributed by atoms with Crippen LogP contribution in [0.5, 0.6) is 0 Å². The summed E-state index contributed by atoms with van der Waals surface area (Å²) in [5.41, 5.74) is 7.89. The molecule has 2 aromatic carbocycles. The normalized spacial score (nSPS) is 18.0. The highest BCUT2D eigenvalue weighted by Crippen LogP contribution is 2.30. The van der Waals surface area contributed by atoms with Gasteiger partial charge in [0.2, 0.25) is 5.91 Å². The molecule has 2 heterocycles. The number of aryl methyl sites for hydroxylation is 3. The van der Waals surface area contributed by atoms with Crippen molar-refractivity contribution in [1.82, 2.24) is 9.47 Å². The highest BCUT2D eigenvalue weighted by molar-refractivity contribution is 5.77. The summed E-state index contributed by atoms with van der Waals surface area (Å²) in [7, 11) is 0. The van der Waals surface area contributed by atoms with E-state index < -0.39 is 0 Å². The first-order valence-corrected chi connectivity index (χ1v) is 12.0. The molecule has 3 aromatic rings. The SMILES string of the molecule is Cc1ccc(-c2ccc(CCC(=O)N3C[C@@H](C)O[C@H](C)C3)n2-c2ccc(CC#N)cc2)c(C)c1. The lowest BCUT2D eigenvalue weighted by Crippen LogP contribution is -2.48. The van der Waals surface area contributed by atoms with E-state index in [1.54, 1.807) is 0 Å². The number of amides is 1. The quantitative estimate of drug-likeness (QED) is 0.500. The lowest BCUT2D eigenvalue weighted by molar-refractivity contribution is -0.143. The molecule has 2 atom stereocenters. The Hall–Kier alpha value is -3.36. The minimum absolute atomic E-state index is 0.0691. The Morgan fingerprint density at radius 2 is 1.74 bits per heavy atom. The fourth-order valence-corrected chi connectivity index (χ4v) is 4.92. The molecule has 0 bridgehead atoms. The summed E-state index contributed by atoms with van der Waals surface area (Å²) in [5.74, 6) is 0.173. The van der Waals surface area contributed by atoms with E-state index >= 15 is 0 Å². The van der Waals surface area contributed by atoms with E-state index in [0.29, 0.717) is 32.4 Å². The number of benzene rings is 2. The Bertz CT molecular complexity index is 1190. The lowest BCUT2D eigenvalue weighted by atomic mass is 10.0. The molecule has 1 aromatic heterocycles. The molecule has 34 heavy (non-hydrogen) atoms. The van der Waals surface area contributed by atoms with Gasteiger partial charge in [0.25, 0.3) is 0 Å². The van der Waals surface area contributed by atoms with Gasteiger partial charge in [-0.3, -0.25) is 4.79 Å². The van der Waals surface area contributed by atoms with E-state index in [1.807, 2.05) is 30.9 Å². The molecule has 5 nitrogen and oxygen atoms in total. The minimum atomic E-state index is 0.0691. The molecule has 0 aliphatic carbocycles. The summed E-state index contributed by atoms with van der Waals surface area (Å²) in [5, 5.41) is 9.03. The number of ether oxygens (including phenoxy) is 1. The maximum Gasteiger partial charge on any atom is 0.223 e. The van der Waals surface area contributed by atoms with Gasteiger partial charge < -0.3 is 14.2 Å². The predicted octanol–water partition coefficient (Wildman–Crippen LogP) is 5.40. The minimum Gasteiger partial charge on any atom is -0.372 e. The summed E-state index contributed by atoms with van der Waals surface area (Å²) in [6.07, 6.45) is 1.65. The molecule has 176 valence electrons. The molecule has 0 spiro atoms. The molecule has 0 saturated carbocycles. The summed E-state index contributed by atoms with van der Waals surface area (Å²) in [4.78, 5) is 15.0. The molecule has 0 radical (unpaired) electrons. The topological polar surface area (TPSA) is 58.3 Å². The van der Waals surface area contributed by atoms with Crippen LogP contribution < -0.4 is 0 Å². The predicted molar refractivity (Wildman–Crippen MR) is 135 cm³/mol. The third-order valence-corrected chi connectivity index (χ3v) is 6.46. The number of morpholine rings is 1. The molecule has 0 N–H and O–H groups in total. The van der Waals surface area contributed by atoms with Crippen LogP contribution in [-0.4, -0.2) is 40.7 Å². The molecule has 1 aliphatic heterocycles. The molecule has 1 aliphatic rings. The van der Waals surface area contributed by atoms with Crippen molar-refractivity contribution in [1.29, 1.82) is 5.26 Å². The van der Waals surface area contributed by atoms with E-state index in [0.717, 1.165) is 22.6 Å². The largest absolute Gasteiger partial charge is 0.372 e. The number of hydrogen-bond donors (Lipinski definition) is 0. The highest BCUT2D eigenvalue weighted by Gasteiger charge is 2.26. The first-order chi connectivity index (χ1) is 16.4. The van der Waals surface area contributed by atoms with E-state index in [4.69, 9.17) is 10.00 Å². The van der Waals surface area contributed by atoms with Gasteiger partial charge in [-0.05, 0) is 69.5 Å². The zero-order chi connectivity index (χ0) is 24.2. The van der Waals surface area contributed by atoms with Crippen LogP contribution in [-0.2, 0) is 22.4 Å². The summed E-state index contributed by atoms with van der Waals surface area (Å²) in [6.45, 7) is 9.59. The van der Waals surface area contributed by atoms with Crippen molar-refractivity contribution < 1.29 is 9.53 Å². The molecule has 1 saturated heterocycles. The van der Waals surface area contributed by atoms with Crippen molar-refractivity contribution in [3.8, 4) is 23.0 Å². The van der Waals surface area contributed by atoms with Crippen LogP contribution in [0, 0.1) is 25.2 Å². The van der Waals surface area contributed by atoms with Gasteiger partial charge >= 0.3 is 0 Å². The Morgan fingerprint density at radius 3 is 2.38 bits per heavy atom. The van der Waals surface area contributed by atoms with Gasteiger partial charge in [0.05, 0.1) is 30.4 Å². The Balaban J connectivity index is 1.65. The average molecular weight is 456 g/mol. The van der Waals surface area contributed by atoms with Gasteiger partial charge in [-0.15, -0.1) is 0 Å². The maximum absolute atomic E-state index is 13.0. The van der Waals surface area contributed by atoms with Crippen LogP contribution in [0.25, 0.3) is 16.9 Å². The third kappa shape index (κ3) is 5.24. The summed E-state index contributed by atoms with van der Waals surface area (Å²) in [6, 6.07) is 21.2. The van der Waals surface area contributed by atoms with Crippen molar-refractivity contribution in [2.24, 2.45) is 0 Å². The van der Waals surface area contributed by atoms with Crippen molar-refractivity contribution in [3.05, 3.63) is 77.0 Å². The molecular formula is C29H33N3O2. The number of nitriles is 1. The van der Waals surface area contributed by atoms with E-state index in [2.05, 4.69) is 66.9 Å². The van der Waals surface area contributed by atoms with Crippen LogP contribution in [0.1, 0.15) is 42.7 Å². The third-order valence-electron chi connectivity index (χ3n) is 6.46. The Labute approximate surface area is 202 Å². The molecule has 1 fully saturated rings. The van der Waals surface area contributed by atoms with Crippen LogP contribution in [0.2, 0.25) is 0 Å². The monoisotopic (exact) mass is 455 g/mol. The number of rotatable bonds is 6. The molecule has 5 heteroatoms. The number of carbonyl (C=O) groups is 1. The summed E-state index contributed by atoms with van der Waals surface area (Å²) >= 11 is 0. The first-order valence-electron chi connectivity index (χ1n) is 12.0. The first kappa shape index (κ1) is 23.8. The van der Waals surface area contributed by atoms with Gasteiger partial charge in [-0.1, -0.05) is 35.9 Å². The van der Waals surface area contributed by atoms with Gasteiger partial charge in [-0.25, -0.2) is 0 Å². The second-order valence-electron chi connectivity index (χ2n) is 9.42. The fraction of sp³-hybridized carbons (Fsp3) is 0.379. The van der Waals surface area contributed by atoms with Crippen molar-refractivity contribution in [2.75, 3.05) is 13.1 Å². The fourth-order valence-electron chi connectivity index (χ4n) is 4.92. The molecule has 1 amide bonds. The maximum atomic E-state index is 13.0. The number of carbonyl (C=O) groups excluding carboxylic acids is 1.